The van der Waals surface area contributed by atoms with E-state index in [1.807, 2.05) is 72.8 Å². The number of halogens is 1. The highest BCUT2D eigenvalue weighted by atomic mass is 79.9. The molecular formula is C28H26BrNO2. The van der Waals surface area contributed by atoms with Crippen LogP contribution in [0.25, 0.3) is 11.8 Å². The number of carbonyl (C=O) groups excluding carboxylic acids is 1. The predicted octanol–water partition coefficient (Wildman–Crippen LogP) is 7.23. The second kappa shape index (κ2) is 8.79. The van der Waals surface area contributed by atoms with Crippen LogP contribution < -0.4 is 9.64 Å². The number of benzene rings is 3. The molecule has 0 atom stereocenters. The first kappa shape index (κ1) is 22.1. The molecule has 0 aliphatic carbocycles. The van der Waals surface area contributed by atoms with Gasteiger partial charge in [0.25, 0.3) is 5.91 Å². The third-order valence-electron chi connectivity index (χ3n) is 5.54. The minimum Gasteiger partial charge on any atom is -0.496 e. The number of hydrogen-bond donors (Lipinski definition) is 0. The zero-order valence-corrected chi connectivity index (χ0v) is 20.3. The fourth-order valence-corrected chi connectivity index (χ4v) is 4.31. The molecule has 0 spiro atoms. The van der Waals surface area contributed by atoms with Crippen LogP contribution in [-0.2, 0) is 10.2 Å². The lowest BCUT2D eigenvalue weighted by atomic mass is 9.87. The second-order valence-corrected chi connectivity index (χ2v) is 9.68. The quantitative estimate of drug-likeness (QED) is 0.363. The van der Waals surface area contributed by atoms with E-state index in [0.717, 1.165) is 32.7 Å². The molecule has 3 aromatic rings. The number of anilines is 1. The third-order valence-corrected chi connectivity index (χ3v) is 6.16. The van der Waals surface area contributed by atoms with Crippen LogP contribution in [-0.4, -0.2) is 13.0 Å². The van der Waals surface area contributed by atoms with Gasteiger partial charge in [-0.2, -0.15) is 0 Å². The van der Waals surface area contributed by atoms with Crippen LogP contribution in [0.3, 0.4) is 0 Å². The van der Waals surface area contributed by atoms with Gasteiger partial charge in [0.2, 0.25) is 0 Å². The van der Waals surface area contributed by atoms with Crippen molar-refractivity contribution >= 4 is 39.3 Å². The van der Waals surface area contributed by atoms with Crippen LogP contribution in [0.15, 0.2) is 88.9 Å². The summed E-state index contributed by atoms with van der Waals surface area (Å²) in [5.74, 6) is 0.713. The summed E-state index contributed by atoms with van der Waals surface area (Å²) in [6.07, 6.45) is 3.88. The molecule has 0 saturated heterocycles. The number of methoxy groups -OCH3 is 1. The molecule has 0 bridgehead atoms. The summed E-state index contributed by atoms with van der Waals surface area (Å²) in [4.78, 5) is 15.4. The van der Waals surface area contributed by atoms with Crippen molar-refractivity contribution in [1.82, 2.24) is 0 Å². The highest BCUT2D eigenvalue weighted by molar-refractivity contribution is 9.10. The van der Waals surface area contributed by atoms with Gasteiger partial charge in [0.1, 0.15) is 5.75 Å². The first-order valence-corrected chi connectivity index (χ1v) is 11.3. The van der Waals surface area contributed by atoms with E-state index in [4.69, 9.17) is 4.74 Å². The van der Waals surface area contributed by atoms with E-state index in [2.05, 4.69) is 48.8 Å². The van der Waals surface area contributed by atoms with E-state index in [-0.39, 0.29) is 11.3 Å². The van der Waals surface area contributed by atoms with Crippen LogP contribution in [0.2, 0.25) is 0 Å². The van der Waals surface area contributed by atoms with E-state index >= 15 is 0 Å². The molecule has 1 amide bonds. The minimum absolute atomic E-state index is 0.0423. The number of amides is 1. The number of rotatable bonds is 4. The highest BCUT2D eigenvalue weighted by Gasteiger charge is 2.30. The van der Waals surface area contributed by atoms with Crippen LogP contribution >= 0.6 is 15.9 Å². The van der Waals surface area contributed by atoms with Crippen molar-refractivity contribution in [2.75, 3.05) is 12.0 Å². The summed E-state index contributed by atoms with van der Waals surface area (Å²) in [5, 5.41) is 0. The number of carbonyl (C=O) groups is 1. The van der Waals surface area contributed by atoms with Crippen molar-refractivity contribution < 1.29 is 9.53 Å². The number of hydrogen-bond acceptors (Lipinski definition) is 2. The molecule has 0 radical (unpaired) electrons. The number of nitrogens with zero attached hydrogens (tertiary/aromatic N) is 1. The van der Waals surface area contributed by atoms with Gasteiger partial charge in [0.15, 0.2) is 0 Å². The normalized spacial score (nSPS) is 15.3. The molecule has 162 valence electrons. The standard InChI is InChI=1S/C28H26BrNO2/c1-28(2,3)22-11-13-23(14-12-22)30-25(20-8-6-5-7-9-20)18-21(27(30)31)16-19-10-15-26(32-4)24(29)17-19/h5-18H,1-4H3. The lowest BCUT2D eigenvalue weighted by Gasteiger charge is -2.23. The van der Waals surface area contributed by atoms with E-state index in [1.54, 1.807) is 12.0 Å². The highest BCUT2D eigenvalue weighted by Crippen LogP contribution is 2.36. The second-order valence-electron chi connectivity index (χ2n) is 8.83. The van der Waals surface area contributed by atoms with Gasteiger partial charge in [-0.15, -0.1) is 0 Å². The van der Waals surface area contributed by atoms with E-state index in [1.165, 1.54) is 5.56 Å². The molecule has 0 aromatic heterocycles. The first-order chi connectivity index (χ1) is 15.3. The van der Waals surface area contributed by atoms with Gasteiger partial charge in [0.05, 0.1) is 17.3 Å². The lowest BCUT2D eigenvalue weighted by Crippen LogP contribution is -2.25. The van der Waals surface area contributed by atoms with Gasteiger partial charge in [-0.05, 0) is 74.5 Å². The monoisotopic (exact) mass is 487 g/mol. The maximum Gasteiger partial charge on any atom is 0.262 e. The fourth-order valence-electron chi connectivity index (χ4n) is 3.76. The smallest absolute Gasteiger partial charge is 0.262 e. The van der Waals surface area contributed by atoms with Crippen molar-refractivity contribution in [2.24, 2.45) is 0 Å². The van der Waals surface area contributed by atoms with Gasteiger partial charge in [-0.3, -0.25) is 9.69 Å². The van der Waals surface area contributed by atoms with E-state index < -0.39 is 0 Å². The molecular weight excluding hydrogens is 462 g/mol. The molecule has 3 nitrogen and oxygen atoms in total. The van der Waals surface area contributed by atoms with Gasteiger partial charge in [0, 0.05) is 11.3 Å². The van der Waals surface area contributed by atoms with E-state index in [9.17, 15) is 4.79 Å². The largest absolute Gasteiger partial charge is 0.496 e. The molecule has 0 fully saturated rings. The van der Waals surface area contributed by atoms with Crippen LogP contribution in [0.4, 0.5) is 5.69 Å². The number of ether oxygens (including phenoxy) is 1. The summed E-state index contributed by atoms with van der Waals surface area (Å²) < 4.78 is 6.17. The first-order valence-electron chi connectivity index (χ1n) is 10.6. The minimum atomic E-state index is -0.0423. The molecule has 32 heavy (non-hydrogen) atoms. The summed E-state index contributed by atoms with van der Waals surface area (Å²) >= 11 is 3.53. The van der Waals surface area contributed by atoms with Crippen molar-refractivity contribution in [3.8, 4) is 5.75 Å². The van der Waals surface area contributed by atoms with Crippen molar-refractivity contribution in [3.05, 3.63) is 106 Å². The zero-order valence-electron chi connectivity index (χ0n) is 18.7. The summed E-state index contributed by atoms with van der Waals surface area (Å²) in [7, 11) is 1.64. The molecule has 4 heteroatoms. The molecule has 0 saturated carbocycles. The van der Waals surface area contributed by atoms with Crippen molar-refractivity contribution in [1.29, 1.82) is 0 Å². The Kier molecular flexibility index (Phi) is 6.07. The predicted molar refractivity (Wildman–Crippen MR) is 136 cm³/mol. The molecule has 1 aliphatic rings. The average Bonchev–Trinajstić information content (AvgIpc) is 3.10. The Balaban J connectivity index is 1.77. The maximum atomic E-state index is 13.6. The fraction of sp³-hybridized carbons (Fsp3) is 0.179. The lowest BCUT2D eigenvalue weighted by molar-refractivity contribution is -0.113. The molecule has 0 N–H and O–H groups in total. The summed E-state index contributed by atoms with van der Waals surface area (Å²) in [6, 6.07) is 24.1. The van der Waals surface area contributed by atoms with Crippen molar-refractivity contribution in [2.45, 2.75) is 26.2 Å². The van der Waals surface area contributed by atoms with Crippen LogP contribution in [0.5, 0.6) is 5.75 Å². The summed E-state index contributed by atoms with van der Waals surface area (Å²) in [6.45, 7) is 6.56. The Bertz CT molecular complexity index is 1200. The maximum absolute atomic E-state index is 13.6. The van der Waals surface area contributed by atoms with Gasteiger partial charge < -0.3 is 4.74 Å². The Labute approximate surface area is 198 Å². The Morgan fingerprint density at radius 2 is 1.62 bits per heavy atom. The molecule has 0 unspecified atom stereocenters. The average molecular weight is 488 g/mol. The summed E-state index contributed by atoms with van der Waals surface area (Å²) in [5.41, 5.74) is 5.58. The van der Waals surface area contributed by atoms with Crippen LogP contribution in [0.1, 0.15) is 37.5 Å². The molecule has 3 aromatic carbocycles. The zero-order chi connectivity index (χ0) is 22.9. The Morgan fingerprint density at radius 3 is 2.22 bits per heavy atom. The van der Waals surface area contributed by atoms with Crippen molar-refractivity contribution in [3.63, 3.8) is 0 Å². The topological polar surface area (TPSA) is 29.5 Å². The van der Waals surface area contributed by atoms with Crippen LogP contribution in [0, 0.1) is 0 Å². The Hall–Kier alpha value is -3.11. The van der Waals surface area contributed by atoms with Gasteiger partial charge in [-0.1, -0.05) is 69.3 Å². The Morgan fingerprint density at radius 1 is 0.938 bits per heavy atom. The van der Waals surface area contributed by atoms with E-state index in [0.29, 0.717) is 5.57 Å². The van der Waals surface area contributed by atoms with Gasteiger partial charge >= 0.3 is 0 Å². The third kappa shape index (κ3) is 4.42. The molecule has 4 rings (SSSR count). The molecule has 1 aliphatic heterocycles. The van der Waals surface area contributed by atoms with Gasteiger partial charge in [-0.25, -0.2) is 0 Å². The molecule has 1 heterocycles. The SMILES string of the molecule is COc1ccc(C=C2C=C(c3ccccc3)N(c3ccc(C(C)(C)C)cc3)C2=O)cc1Br.